The number of ether oxygens (including phenoxy) is 1. The molecular weight excluding hydrogens is 268 g/mol. The van der Waals surface area contributed by atoms with Gasteiger partial charge in [-0.2, -0.15) is 15.0 Å². The molecule has 1 aromatic heterocycles. The third-order valence-electron chi connectivity index (χ3n) is 3.05. The summed E-state index contributed by atoms with van der Waals surface area (Å²) in [7, 11) is 0. The van der Waals surface area contributed by atoms with Gasteiger partial charge in [0, 0.05) is 12.6 Å². The Morgan fingerprint density at radius 2 is 1.90 bits per heavy atom. The molecule has 120 valence electrons. The number of rotatable bonds is 10. The largest absolute Gasteiger partial charge is 0.463 e. The zero-order chi connectivity index (χ0) is 15.7. The summed E-state index contributed by atoms with van der Waals surface area (Å²) in [6.45, 7) is 9.96. The molecule has 21 heavy (non-hydrogen) atoms. The monoisotopic (exact) mass is 296 g/mol. The van der Waals surface area contributed by atoms with Crippen LogP contribution >= 0.6 is 0 Å². The first kappa shape index (κ1) is 17.4. The zero-order valence-corrected chi connectivity index (χ0v) is 13.6. The normalized spacial score (nSPS) is 10.8. The minimum Gasteiger partial charge on any atom is -0.463 e. The molecule has 0 saturated carbocycles. The van der Waals surface area contributed by atoms with Crippen LogP contribution in [0.4, 0.5) is 11.9 Å². The van der Waals surface area contributed by atoms with Gasteiger partial charge >= 0.3 is 6.01 Å². The van der Waals surface area contributed by atoms with Crippen LogP contribution in [-0.2, 0) is 0 Å². The molecule has 0 spiro atoms. The molecule has 3 N–H and O–H groups in total. The van der Waals surface area contributed by atoms with Crippen LogP contribution in [0, 0.1) is 0 Å². The number of aromatic nitrogens is 3. The van der Waals surface area contributed by atoms with Crippen molar-refractivity contribution in [3.8, 4) is 6.01 Å². The Labute approximate surface area is 127 Å². The second-order valence-electron chi connectivity index (χ2n) is 5.23. The summed E-state index contributed by atoms with van der Waals surface area (Å²) in [6.07, 6.45) is 4.38. The molecule has 0 aliphatic rings. The topological polar surface area (TPSA) is 89.2 Å². The Balaban J connectivity index is 2.93. The standard InChI is InChI=1S/C14H28N6O/c1-5-7-8-9-20(11(3)4)13-16-12(19-15)17-14(18-13)21-10-6-2/h11H,5-10,15H2,1-4H3,(H,16,17,18,19). The molecule has 1 aromatic rings. The van der Waals surface area contributed by atoms with E-state index >= 15 is 0 Å². The van der Waals surface area contributed by atoms with Crippen molar-refractivity contribution in [3.63, 3.8) is 0 Å². The first-order valence-electron chi connectivity index (χ1n) is 7.74. The van der Waals surface area contributed by atoms with Crippen molar-refractivity contribution < 1.29 is 4.74 Å². The van der Waals surface area contributed by atoms with Crippen LogP contribution in [0.2, 0.25) is 0 Å². The Bertz CT molecular complexity index is 412. The van der Waals surface area contributed by atoms with E-state index in [1.54, 1.807) is 0 Å². The predicted molar refractivity (Wildman–Crippen MR) is 85.4 cm³/mol. The Morgan fingerprint density at radius 3 is 2.48 bits per heavy atom. The highest BCUT2D eigenvalue weighted by Gasteiger charge is 2.16. The number of unbranched alkanes of at least 4 members (excludes halogenated alkanes) is 2. The number of hydrogen-bond acceptors (Lipinski definition) is 7. The molecule has 0 saturated heterocycles. The number of nitrogen functional groups attached to an aromatic ring is 1. The lowest BCUT2D eigenvalue weighted by Crippen LogP contribution is -2.34. The van der Waals surface area contributed by atoms with Crippen LogP contribution in [0.25, 0.3) is 0 Å². The first-order valence-corrected chi connectivity index (χ1v) is 7.74. The zero-order valence-electron chi connectivity index (χ0n) is 13.6. The van der Waals surface area contributed by atoms with Gasteiger partial charge in [-0.05, 0) is 26.7 Å². The van der Waals surface area contributed by atoms with E-state index in [1.807, 2.05) is 6.92 Å². The minimum absolute atomic E-state index is 0.300. The summed E-state index contributed by atoms with van der Waals surface area (Å²) in [5.41, 5.74) is 2.48. The van der Waals surface area contributed by atoms with Crippen molar-refractivity contribution in [2.45, 2.75) is 59.4 Å². The quantitative estimate of drug-likeness (QED) is 0.389. The van der Waals surface area contributed by atoms with E-state index in [4.69, 9.17) is 10.6 Å². The lowest BCUT2D eigenvalue weighted by molar-refractivity contribution is 0.291. The van der Waals surface area contributed by atoms with Crippen molar-refractivity contribution in [2.75, 3.05) is 23.5 Å². The highest BCUT2D eigenvalue weighted by molar-refractivity contribution is 5.38. The van der Waals surface area contributed by atoms with Crippen molar-refractivity contribution in [2.24, 2.45) is 5.84 Å². The fourth-order valence-electron chi connectivity index (χ4n) is 1.92. The maximum absolute atomic E-state index is 5.51. The van der Waals surface area contributed by atoms with Crippen LogP contribution in [0.5, 0.6) is 6.01 Å². The summed E-state index contributed by atoms with van der Waals surface area (Å²) in [5.74, 6) is 6.37. The van der Waals surface area contributed by atoms with Gasteiger partial charge < -0.3 is 9.64 Å². The molecule has 0 aliphatic heterocycles. The van der Waals surface area contributed by atoms with Crippen LogP contribution in [0.15, 0.2) is 0 Å². The summed E-state index contributed by atoms with van der Waals surface area (Å²) in [4.78, 5) is 15.0. The maximum atomic E-state index is 5.51. The summed E-state index contributed by atoms with van der Waals surface area (Å²) < 4.78 is 5.51. The molecule has 7 nitrogen and oxygen atoms in total. The molecule has 0 atom stereocenters. The van der Waals surface area contributed by atoms with E-state index < -0.39 is 0 Å². The molecule has 7 heteroatoms. The lowest BCUT2D eigenvalue weighted by atomic mass is 10.2. The number of nitrogens with two attached hydrogens (primary N) is 1. The number of anilines is 2. The Kier molecular flexibility index (Phi) is 7.74. The minimum atomic E-state index is 0.300. The van der Waals surface area contributed by atoms with Crippen molar-refractivity contribution >= 4 is 11.9 Å². The predicted octanol–water partition coefficient (Wildman–Crippen LogP) is 2.35. The Morgan fingerprint density at radius 1 is 1.14 bits per heavy atom. The van der Waals surface area contributed by atoms with Crippen molar-refractivity contribution in [1.29, 1.82) is 0 Å². The molecule has 0 radical (unpaired) electrons. The van der Waals surface area contributed by atoms with Gasteiger partial charge in [-0.1, -0.05) is 26.7 Å². The molecule has 0 fully saturated rings. The second-order valence-corrected chi connectivity index (χ2v) is 5.23. The van der Waals surface area contributed by atoms with Gasteiger partial charge in [-0.25, -0.2) is 5.84 Å². The van der Waals surface area contributed by atoms with Gasteiger partial charge in [-0.3, -0.25) is 5.43 Å². The Hall–Kier alpha value is -1.63. The van der Waals surface area contributed by atoms with Crippen molar-refractivity contribution in [3.05, 3.63) is 0 Å². The van der Waals surface area contributed by atoms with E-state index in [-0.39, 0.29) is 0 Å². The van der Waals surface area contributed by atoms with Gasteiger partial charge in [-0.15, -0.1) is 0 Å². The summed E-state index contributed by atoms with van der Waals surface area (Å²) in [6, 6.07) is 0.616. The third-order valence-corrected chi connectivity index (χ3v) is 3.05. The van der Waals surface area contributed by atoms with Gasteiger partial charge in [0.2, 0.25) is 11.9 Å². The maximum Gasteiger partial charge on any atom is 0.323 e. The fourth-order valence-corrected chi connectivity index (χ4v) is 1.92. The molecule has 0 aliphatic carbocycles. The van der Waals surface area contributed by atoms with Crippen LogP contribution in [0.1, 0.15) is 53.4 Å². The summed E-state index contributed by atoms with van der Waals surface area (Å²) in [5, 5.41) is 0. The first-order chi connectivity index (χ1) is 10.1. The van der Waals surface area contributed by atoms with Crippen LogP contribution in [-0.4, -0.2) is 34.1 Å². The number of nitrogens with one attached hydrogen (secondary N) is 1. The fraction of sp³-hybridized carbons (Fsp3) is 0.786. The van der Waals surface area contributed by atoms with Crippen LogP contribution < -0.4 is 20.9 Å². The molecular formula is C14H28N6O. The number of hydrogen-bond donors (Lipinski definition) is 2. The van der Waals surface area contributed by atoms with E-state index in [9.17, 15) is 0 Å². The highest BCUT2D eigenvalue weighted by Crippen LogP contribution is 2.18. The van der Waals surface area contributed by atoms with Crippen LogP contribution in [0.3, 0.4) is 0 Å². The van der Waals surface area contributed by atoms with E-state index in [1.165, 1.54) is 12.8 Å². The number of nitrogens with zero attached hydrogens (tertiary/aromatic N) is 4. The smallest absolute Gasteiger partial charge is 0.323 e. The molecule has 0 unspecified atom stereocenters. The van der Waals surface area contributed by atoms with Gasteiger partial charge in [0.25, 0.3) is 0 Å². The van der Waals surface area contributed by atoms with E-state index in [2.05, 4.69) is 46.0 Å². The summed E-state index contributed by atoms with van der Waals surface area (Å²) >= 11 is 0. The molecule has 0 aromatic carbocycles. The molecule has 1 heterocycles. The number of hydrazine groups is 1. The van der Waals surface area contributed by atoms with E-state index in [0.29, 0.717) is 30.6 Å². The van der Waals surface area contributed by atoms with Gasteiger partial charge in [0.05, 0.1) is 6.61 Å². The van der Waals surface area contributed by atoms with E-state index in [0.717, 1.165) is 19.4 Å². The average Bonchev–Trinajstić information content (AvgIpc) is 2.48. The third kappa shape index (κ3) is 5.71. The lowest BCUT2D eigenvalue weighted by Gasteiger charge is -2.27. The van der Waals surface area contributed by atoms with Gasteiger partial charge in [0.15, 0.2) is 0 Å². The molecule has 0 amide bonds. The van der Waals surface area contributed by atoms with Gasteiger partial charge in [0.1, 0.15) is 0 Å². The second kappa shape index (κ2) is 9.33. The average molecular weight is 296 g/mol. The molecule has 0 bridgehead atoms. The molecule has 1 rings (SSSR count). The van der Waals surface area contributed by atoms with Crippen molar-refractivity contribution in [1.82, 2.24) is 15.0 Å². The highest BCUT2D eigenvalue weighted by atomic mass is 16.5. The SMILES string of the molecule is CCCCCN(c1nc(NN)nc(OCCC)n1)C(C)C.